The Morgan fingerprint density at radius 1 is 1.05 bits per heavy atom. The van der Waals surface area contributed by atoms with Gasteiger partial charge < -0.3 is 24.4 Å². The molecule has 2 heterocycles. The van der Waals surface area contributed by atoms with Crippen molar-refractivity contribution >= 4 is 60.1 Å². The van der Waals surface area contributed by atoms with Crippen molar-refractivity contribution in [2.24, 2.45) is 0 Å². The van der Waals surface area contributed by atoms with E-state index in [1.807, 2.05) is 6.92 Å². The maximum Gasteiger partial charge on any atom is 0.301 e. The highest BCUT2D eigenvalue weighted by atomic mass is 79.9. The van der Waals surface area contributed by atoms with E-state index in [1.165, 1.54) is 29.4 Å². The molecule has 11 heteroatoms. The van der Waals surface area contributed by atoms with Crippen molar-refractivity contribution in [3.63, 3.8) is 0 Å². The molecule has 1 aliphatic heterocycles. The molecule has 200 valence electrons. The summed E-state index contributed by atoms with van der Waals surface area (Å²) in [5, 5.41) is 22.1. The van der Waals surface area contributed by atoms with Gasteiger partial charge in [0.25, 0.3) is 5.78 Å². The number of benzene rings is 3. The lowest BCUT2D eigenvalue weighted by atomic mass is 9.95. The summed E-state index contributed by atoms with van der Waals surface area (Å²) in [7, 11) is 2.95. The largest absolute Gasteiger partial charge is 0.507 e. The van der Waals surface area contributed by atoms with Gasteiger partial charge in [-0.15, -0.1) is 0 Å². The normalized spacial score (nSPS) is 16.6. The number of anilines is 1. The van der Waals surface area contributed by atoms with Crippen LogP contribution in [0.1, 0.15) is 24.1 Å². The van der Waals surface area contributed by atoms with Crippen LogP contribution in [0.5, 0.6) is 23.0 Å². The molecule has 1 unspecified atom stereocenters. The summed E-state index contributed by atoms with van der Waals surface area (Å²) in [6, 6.07) is 13.9. The molecule has 9 nitrogen and oxygen atoms in total. The van der Waals surface area contributed by atoms with Crippen LogP contribution in [-0.2, 0) is 9.59 Å². The average Bonchev–Trinajstić information content (AvgIpc) is 3.47. The van der Waals surface area contributed by atoms with Crippen LogP contribution in [0, 0.1) is 0 Å². The van der Waals surface area contributed by atoms with Gasteiger partial charge in [-0.2, -0.15) is 0 Å². The fourth-order valence-corrected chi connectivity index (χ4v) is 5.89. The van der Waals surface area contributed by atoms with E-state index in [4.69, 9.17) is 14.2 Å². The Hall–Kier alpha value is -4.09. The first kappa shape index (κ1) is 26.5. The molecule has 1 saturated heterocycles. The van der Waals surface area contributed by atoms with Crippen molar-refractivity contribution in [1.82, 2.24) is 4.98 Å². The first-order valence-electron chi connectivity index (χ1n) is 11.8. The quantitative estimate of drug-likeness (QED) is 0.153. The van der Waals surface area contributed by atoms with E-state index >= 15 is 0 Å². The van der Waals surface area contributed by atoms with E-state index in [9.17, 15) is 19.8 Å². The number of halogens is 1. The number of carbonyl (C=O) groups excluding carboxylic acids is 2. The summed E-state index contributed by atoms with van der Waals surface area (Å²) in [6.45, 7) is 2.33. The van der Waals surface area contributed by atoms with Gasteiger partial charge in [0.05, 0.1) is 47.1 Å². The van der Waals surface area contributed by atoms with Gasteiger partial charge in [-0.25, -0.2) is 4.98 Å². The van der Waals surface area contributed by atoms with E-state index in [1.54, 1.807) is 55.6 Å². The maximum absolute atomic E-state index is 13.5. The topological polar surface area (TPSA) is 118 Å². The number of hydrogen-bond donors (Lipinski definition) is 2. The number of ketones is 1. The summed E-state index contributed by atoms with van der Waals surface area (Å²) in [5.74, 6) is -0.859. The van der Waals surface area contributed by atoms with Crippen LogP contribution in [0.25, 0.3) is 16.0 Å². The molecule has 5 rings (SSSR count). The number of aromatic nitrogens is 1. The zero-order valence-corrected chi connectivity index (χ0v) is 23.5. The Bertz CT molecular complexity index is 1630. The highest BCUT2D eigenvalue weighted by molar-refractivity contribution is 9.10. The zero-order valence-electron chi connectivity index (χ0n) is 21.1. The predicted octanol–water partition coefficient (Wildman–Crippen LogP) is 5.81. The number of aromatic hydroxyl groups is 1. The number of fused-ring (bicyclic) bond motifs is 1. The number of methoxy groups -OCH3 is 2. The number of Topliss-reactive ketones (excluding diaryl/α,β-unsaturated/α-hetero) is 1. The lowest BCUT2D eigenvalue weighted by Crippen LogP contribution is -2.29. The number of aliphatic hydroxyl groups excluding tert-OH is 1. The highest BCUT2D eigenvalue weighted by Crippen LogP contribution is 2.47. The van der Waals surface area contributed by atoms with Crippen LogP contribution in [0.15, 0.2) is 64.6 Å². The van der Waals surface area contributed by atoms with Crippen LogP contribution in [0.2, 0.25) is 0 Å². The molecule has 1 aliphatic rings. The van der Waals surface area contributed by atoms with Crippen LogP contribution < -0.4 is 19.1 Å². The van der Waals surface area contributed by atoms with Gasteiger partial charge in [-0.05, 0) is 83.0 Å². The van der Waals surface area contributed by atoms with Crippen molar-refractivity contribution in [3.8, 4) is 23.0 Å². The summed E-state index contributed by atoms with van der Waals surface area (Å²) in [4.78, 5) is 32.9. The smallest absolute Gasteiger partial charge is 0.301 e. The number of nitrogens with zero attached hydrogens (tertiary/aromatic N) is 2. The Morgan fingerprint density at radius 2 is 1.77 bits per heavy atom. The van der Waals surface area contributed by atoms with Crippen molar-refractivity contribution in [2.75, 3.05) is 25.7 Å². The lowest BCUT2D eigenvalue weighted by molar-refractivity contribution is -0.132. The number of phenolic OH excluding ortho intramolecular Hbond substituents is 1. The molecular formula is C28H23BrN2O7S. The highest BCUT2D eigenvalue weighted by Gasteiger charge is 2.48. The van der Waals surface area contributed by atoms with E-state index in [0.29, 0.717) is 34.7 Å². The molecule has 3 aromatic carbocycles. The summed E-state index contributed by atoms with van der Waals surface area (Å²) in [5.41, 5.74) is 1.24. The third kappa shape index (κ3) is 4.68. The number of ether oxygens (including phenoxy) is 3. The molecule has 39 heavy (non-hydrogen) atoms. The first-order chi connectivity index (χ1) is 18.8. The van der Waals surface area contributed by atoms with Gasteiger partial charge in [0.1, 0.15) is 17.3 Å². The summed E-state index contributed by atoms with van der Waals surface area (Å²) >= 11 is 4.53. The minimum Gasteiger partial charge on any atom is -0.507 e. The molecule has 0 aliphatic carbocycles. The number of thiazole rings is 1. The van der Waals surface area contributed by atoms with Gasteiger partial charge >= 0.3 is 5.91 Å². The van der Waals surface area contributed by atoms with Crippen molar-refractivity contribution in [1.29, 1.82) is 0 Å². The van der Waals surface area contributed by atoms with Crippen LogP contribution in [-0.4, -0.2) is 47.7 Å². The molecule has 0 saturated carbocycles. The average molecular weight is 611 g/mol. The molecular weight excluding hydrogens is 588 g/mol. The number of aliphatic hydroxyl groups is 1. The SMILES string of the molecule is CCOc1ccc(/C(O)=C2\C(=O)C(=O)N(c3nc4ccc(OC)cc4s3)C2c2cc(Br)c(O)c(OC)c2)cc1. The number of phenols is 1. The summed E-state index contributed by atoms with van der Waals surface area (Å²) < 4.78 is 17.2. The van der Waals surface area contributed by atoms with Crippen LogP contribution in [0.3, 0.4) is 0 Å². The van der Waals surface area contributed by atoms with Gasteiger partial charge in [0.2, 0.25) is 0 Å². The van der Waals surface area contributed by atoms with Crippen LogP contribution in [0.4, 0.5) is 5.13 Å². The molecule has 1 fully saturated rings. The summed E-state index contributed by atoms with van der Waals surface area (Å²) in [6.07, 6.45) is 0. The fourth-order valence-electron chi connectivity index (χ4n) is 4.41. The second-order valence-electron chi connectivity index (χ2n) is 8.51. The lowest BCUT2D eigenvalue weighted by Gasteiger charge is -2.24. The number of hydrogen-bond acceptors (Lipinski definition) is 9. The predicted molar refractivity (Wildman–Crippen MR) is 151 cm³/mol. The van der Waals surface area contributed by atoms with Gasteiger partial charge in [-0.3, -0.25) is 14.5 Å². The van der Waals surface area contributed by atoms with Crippen molar-refractivity contribution in [2.45, 2.75) is 13.0 Å². The minimum absolute atomic E-state index is 0.124. The number of amides is 1. The van der Waals surface area contributed by atoms with E-state index in [2.05, 4.69) is 20.9 Å². The Morgan fingerprint density at radius 3 is 2.44 bits per heavy atom. The molecule has 1 atom stereocenters. The molecule has 0 radical (unpaired) electrons. The third-order valence-electron chi connectivity index (χ3n) is 6.26. The monoisotopic (exact) mass is 610 g/mol. The Balaban J connectivity index is 1.72. The number of carbonyl (C=O) groups is 2. The molecule has 0 bridgehead atoms. The van der Waals surface area contributed by atoms with Gasteiger partial charge in [0.15, 0.2) is 16.6 Å². The van der Waals surface area contributed by atoms with E-state index < -0.39 is 17.7 Å². The second kappa shape index (κ2) is 10.6. The molecule has 2 N–H and O–H groups in total. The Kier molecular flexibility index (Phi) is 7.19. The molecule has 0 spiro atoms. The third-order valence-corrected chi connectivity index (χ3v) is 7.88. The molecule has 1 amide bonds. The second-order valence-corrected chi connectivity index (χ2v) is 10.4. The molecule has 4 aromatic rings. The minimum atomic E-state index is -1.06. The van der Waals surface area contributed by atoms with Gasteiger partial charge in [-0.1, -0.05) is 11.3 Å². The first-order valence-corrected chi connectivity index (χ1v) is 13.4. The van der Waals surface area contributed by atoms with Crippen molar-refractivity contribution < 1.29 is 34.0 Å². The standard InChI is InChI=1S/C28H23BrN2O7S/c1-4-38-16-7-5-14(6-8-16)24(32)22-23(15-11-18(29)25(33)20(12-15)37-3)31(27(35)26(22)34)28-30-19-10-9-17(36-2)13-21(19)39-28/h5-13,23,32-33H,4H2,1-3H3/b24-22+. The van der Waals surface area contributed by atoms with Crippen molar-refractivity contribution in [3.05, 3.63) is 75.8 Å². The maximum atomic E-state index is 13.5. The zero-order chi connectivity index (χ0) is 27.8. The fraction of sp³-hybridized carbons (Fsp3) is 0.179. The van der Waals surface area contributed by atoms with Crippen LogP contribution >= 0.6 is 27.3 Å². The van der Waals surface area contributed by atoms with Gasteiger partial charge in [0, 0.05) is 5.56 Å². The number of rotatable bonds is 7. The van der Waals surface area contributed by atoms with E-state index in [0.717, 1.165) is 4.70 Å². The van der Waals surface area contributed by atoms with E-state index in [-0.39, 0.29) is 32.4 Å². The Labute approximate surface area is 236 Å². The molecule has 1 aromatic heterocycles.